The first kappa shape index (κ1) is 18.2. The van der Waals surface area contributed by atoms with Crippen LogP contribution in [0.2, 0.25) is 0 Å². The Balaban J connectivity index is 1.76. The molecular weight excluding hydrogens is 344 g/mol. The van der Waals surface area contributed by atoms with Gasteiger partial charge in [0, 0.05) is 5.69 Å². The van der Waals surface area contributed by atoms with Crippen molar-refractivity contribution in [2.24, 2.45) is 0 Å². The van der Waals surface area contributed by atoms with Crippen LogP contribution in [0, 0.1) is 27.7 Å². The van der Waals surface area contributed by atoms with Gasteiger partial charge < -0.3 is 5.32 Å². The maximum absolute atomic E-state index is 12.3. The first-order chi connectivity index (χ1) is 12.5. The van der Waals surface area contributed by atoms with Gasteiger partial charge in [0.15, 0.2) is 5.16 Å². The molecule has 1 N–H and O–H groups in total. The van der Waals surface area contributed by atoms with Crippen molar-refractivity contribution in [2.75, 3.05) is 11.1 Å². The normalized spacial score (nSPS) is 10.8. The van der Waals surface area contributed by atoms with Crippen LogP contribution in [0.15, 0.2) is 47.6 Å². The van der Waals surface area contributed by atoms with Crippen molar-refractivity contribution in [3.63, 3.8) is 0 Å². The van der Waals surface area contributed by atoms with Gasteiger partial charge in [-0.2, -0.15) is 0 Å². The molecule has 2 aromatic carbocycles. The van der Waals surface area contributed by atoms with E-state index in [9.17, 15) is 4.79 Å². The maximum atomic E-state index is 12.3. The number of rotatable bonds is 5. The van der Waals surface area contributed by atoms with Crippen LogP contribution >= 0.6 is 11.8 Å². The lowest BCUT2D eigenvalue weighted by Gasteiger charge is -2.12. The largest absolute Gasteiger partial charge is 0.325 e. The van der Waals surface area contributed by atoms with Gasteiger partial charge in [0.05, 0.1) is 11.4 Å². The van der Waals surface area contributed by atoms with Crippen molar-refractivity contribution in [3.05, 3.63) is 65.0 Å². The zero-order valence-corrected chi connectivity index (χ0v) is 16.2. The molecule has 3 rings (SSSR count). The zero-order valence-electron chi connectivity index (χ0n) is 15.4. The van der Waals surface area contributed by atoms with Crippen molar-refractivity contribution < 1.29 is 4.79 Å². The average Bonchev–Trinajstić information content (AvgIpc) is 2.98. The Morgan fingerprint density at radius 1 is 1.04 bits per heavy atom. The Hall–Kier alpha value is -2.60. The maximum Gasteiger partial charge on any atom is 0.234 e. The quantitative estimate of drug-likeness (QED) is 0.687. The van der Waals surface area contributed by atoms with E-state index in [4.69, 9.17) is 0 Å². The van der Waals surface area contributed by atoms with Crippen LogP contribution < -0.4 is 5.32 Å². The lowest BCUT2D eigenvalue weighted by molar-refractivity contribution is -0.113. The van der Waals surface area contributed by atoms with Crippen LogP contribution in [0.4, 0.5) is 5.69 Å². The monoisotopic (exact) mass is 366 g/mol. The highest BCUT2D eigenvalue weighted by molar-refractivity contribution is 7.99. The minimum Gasteiger partial charge on any atom is -0.325 e. The molecule has 0 spiro atoms. The number of para-hydroxylation sites is 1. The summed E-state index contributed by atoms with van der Waals surface area (Å²) in [6.45, 7) is 8.02. The van der Waals surface area contributed by atoms with Gasteiger partial charge in [-0.05, 0) is 56.5 Å². The average molecular weight is 366 g/mol. The molecular formula is C20H22N4OS. The summed E-state index contributed by atoms with van der Waals surface area (Å²) < 4.78 is 2.01. The molecule has 0 aliphatic carbocycles. The highest BCUT2D eigenvalue weighted by Crippen LogP contribution is 2.25. The van der Waals surface area contributed by atoms with Crippen molar-refractivity contribution in [1.29, 1.82) is 0 Å². The molecule has 1 aromatic heterocycles. The van der Waals surface area contributed by atoms with Gasteiger partial charge in [-0.15, -0.1) is 10.2 Å². The molecule has 0 fully saturated rings. The molecule has 1 amide bonds. The molecule has 3 aromatic rings. The van der Waals surface area contributed by atoms with Crippen LogP contribution in [-0.2, 0) is 4.79 Å². The SMILES string of the molecule is Cc1ccc(C)c(-n2c(C)nnc2SCC(=O)Nc2ccccc2C)c1. The van der Waals surface area contributed by atoms with E-state index in [1.165, 1.54) is 17.3 Å². The number of nitrogens with zero attached hydrogens (tertiary/aromatic N) is 3. The number of benzene rings is 2. The van der Waals surface area contributed by atoms with Gasteiger partial charge in [0.2, 0.25) is 5.91 Å². The molecule has 0 aliphatic heterocycles. The second-order valence-corrected chi connectivity index (χ2v) is 7.25. The summed E-state index contributed by atoms with van der Waals surface area (Å²) in [7, 11) is 0. The van der Waals surface area contributed by atoms with Crippen molar-refractivity contribution in [2.45, 2.75) is 32.9 Å². The number of nitrogens with one attached hydrogen (secondary N) is 1. The van der Waals surface area contributed by atoms with Gasteiger partial charge in [-0.25, -0.2) is 0 Å². The molecule has 134 valence electrons. The molecule has 26 heavy (non-hydrogen) atoms. The number of amides is 1. The van der Waals surface area contributed by atoms with E-state index in [0.717, 1.165) is 33.5 Å². The number of hydrogen-bond donors (Lipinski definition) is 1. The molecule has 6 heteroatoms. The molecule has 0 radical (unpaired) electrons. The fourth-order valence-corrected chi connectivity index (χ4v) is 3.49. The van der Waals surface area contributed by atoms with Crippen molar-refractivity contribution >= 4 is 23.4 Å². The van der Waals surface area contributed by atoms with Crippen molar-refractivity contribution in [1.82, 2.24) is 14.8 Å². The minimum absolute atomic E-state index is 0.0579. The van der Waals surface area contributed by atoms with Crippen LogP contribution in [0.3, 0.4) is 0 Å². The predicted octanol–water partition coefficient (Wildman–Crippen LogP) is 4.23. The summed E-state index contributed by atoms with van der Waals surface area (Å²) in [4.78, 5) is 12.3. The fourth-order valence-electron chi connectivity index (χ4n) is 2.70. The van der Waals surface area contributed by atoms with E-state index in [1.807, 2.05) is 42.7 Å². The molecule has 0 aliphatic rings. The molecule has 0 saturated heterocycles. The topological polar surface area (TPSA) is 59.8 Å². The van der Waals surface area contributed by atoms with Gasteiger partial charge in [-0.1, -0.05) is 42.1 Å². The third kappa shape index (κ3) is 3.96. The van der Waals surface area contributed by atoms with E-state index < -0.39 is 0 Å². The van der Waals surface area contributed by atoms with Gasteiger partial charge >= 0.3 is 0 Å². The van der Waals surface area contributed by atoms with E-state index >= 15 is 0 Å². The van der Waals surface area contributed by atoms with Gasteiger partial charge in [-0.3, -0.25) is 9.36 Å². The Kier molecular flexibility index (Phi) is 5.42. The Labute approximate surface area is 157 Å². The number of aryl methyl sites for hydroxylation is 4. The first-order valence-corrected chi connectivity index (χ1v) is 9.42. The fraction of sp³-hybridized carbons (Fsp3) is 0.250. The highest BCUT2D eigenvalue weighted by Gasteiger charge is 2.15. The van der Waals surface area contributed by atoms with Crippen LogP contribution in [0.25, 0.3) is 5.69 Å². The Bertz CT molecular complexity index is 949. The Morgan fingerprint density at radius 2 is 1.81 bits per heavy atom. The standard InChI is InChI=1S/C20H22N4OS/c1-13-9-10-15(3)18(11-13)24-16(4)22-23-20(24)26-12-19(25)21-17-8-6-5-7-14(17)2/h5-11H,12H2,1-4H3,(H,21,25). The first-order valence-electron chi connectivity index (χ1n) is 8.43. The van der Waals surface area contributed by atoms with E-state index in [0.29, 0.717) is 0 Å². The number of anilines is 1. The van der Waals surface area contributed by atoms with Crippen LogP contribution in [-0.4, -0.2) is 26.4 Å². The molecule has 1 heterocycles. The second-order valence-electron chi connectivity index (χ2n) is 6.31. The lowest BCUT2D eigenvalue weighted by Crippen LogP contribution is -2.15. The summed E-state index contributed by atoms with van der Waals surface area (Å²) in [5.41, 5.74) is 5.25. The summed E-state index contributed by atoms with van der Waals surface area (Å²) in [5.74, 6) is 1.02. The van der Waals surface area contributed by atoms with Gasteiger partial charge in [0.25, 0.3) is 0 Å². The number of thioether (sulfide) groups is 1. The van der Waals surface area contributed by atoms with Crippen LogP contribution in [0.5, 0.6) is 0 Å². The molecule has 0 unspecified atom stereocenters. The number of carbonyl (C=O) groups excluding carboxylic acids is 1. The Morgan fingerprint density at radius 3 is 2.58 bits per heavy atom. The number of carbonyl (C=O) groups is 1. The molecule has 0 atom stereocenters. The smallest absolute Gasteiger partial charge is 0.234 e. The van der Waals surface area contributed by atoms with E-state index in [1.54, 1.807) is 0 Å². The summed E-state index contributed by atoms with van der Waals surface area (Å²) in [6, 6.07) is 14.0. The third-order valence-electron chi connectivity index (χ3n) is 4.15. The lowest BCUT2D eigenvalue weighted by atomic mass is 10.1. The van der Waals surface area contributed by atoms with E-state index in [-0.39, 0.29) is 11.7 Å². The predicted molar refractivity (Wildman–Crippen MR) is 106 cm³/mol. The summed E-state index contributed by atoms with van der Waals surface area (Å²) in [5, 5.41) is 12.1. The zero-order chi connectivity index (χ0) is 18.7. The molecule has 0 bridgehead atoms. The molecule has 0 saturated carbocycles. The number of hydrogen-bond acceptors (Lipinski definition) is 4. The van der Waals surface area contributed by atoms with Crippen molar-refractivity contribution in [3.8, 4) is 5.69 Å². The summed E-state index contributed by atoms with van der Waals surface area (Å²) in [6.07, 6.45) is 0. The number of aromatic nitrogens is 3. The second kappa shape index (κ2) is 7.74. The third-order valence-corrected chi connectivity index (χ3v) is 5.08. The molecule has 5 nitrogen and oxygen atoms in total. The van der Waals surface area contributed by atoms with Crippen LogP contribution in [0.1, 0.15) is 22.5 Å². The summed E-state index contributed by atoms with van der Waals surface area (Å²) >= 11 is 1.39. The highest BCUT2D eigenvalue weighted by atomic mass is 32.2. The minimum atomic E-state index is -0.0579. The van der Waals surface area contributed by atoms with E-state index in [2.05, 4.69) is 47.6 Å². The van der Waals surface area contributed by atoms with Gasteiger partial charge in [0.1, 0.15) is 5.82 Å².